The topological polar surface area (TPSA) is 72.7 Å². The number of ketones is 1. The molecule has 0 saturated heterocycles. The Hall–Kier alpha value is -3.15. The molecule has 3 aromatic rings. The molecule has 128 valence electrons. The minimum absolute atomic E-state index is 0.0657. The Kier molecular flexibility index (Phi) is 5.09. The number of benzene rings is 1. The first kappa shape index (κ1) is 16.7. The molecule has 1 N–H and O–H groups in total. The van der Waals surface area contributed by atoms with Crippen molar-refractivity contribution in [1.82, 2.24) is 14.7 Å². The van der Waals surface area contributed by atoms with Gasteiger partial charge in [-0.2, -0.15) is 0 Å². The summed E-state index contributed by atoms with van der Waals surface area (Å²) in [4.78, 5) is 28.4. The molecule has 6 heteroatoms. The third-order valence-electron chi connectivity index (χ3n) is 3.95. The van der Waals surface area contributed by atoms with E-state index in [-0.39, 0.29) is 24.5 Å². The summed E-state index contributed by atoms with van der Waals surface area (Å²) >= 11 is 0. The van der Waals surface area contributed by atoms with Crippen LogP contribution in [0.4, 0.5) is 0 Å². The quantitative estimate of drug-likeness (QED) is 0.673. The van der Waals surface area contributed by atoms with Crippen LogP contribution in [-0.4, -0.2) is 28.2 Å². The molecule has 1 amide bonds. The molecule has 0 atom stereocenters. The second-order valence-corrected chi connectivity index (χ2v) is 5.60. The SMILES string of the molecule is COc1ccc(C(=O)CCC(=O)NCc2ncc3ccccn23)cc1. The number of hydrogen-bond acceptors (Lipinski definition) is 4. The minimum atomic E-state index is -0.172. The molecule has 0 radical (unpaired) electrons. The molecular weight excluding hydrogens is 318 g/mol. The van der Waals surface area contributed by atoms with E-state index >= 15 is 0 Å². The summed E-state index contributed by atoms with van der Waals surface area (Å²) in [5.74, 6) is 1.21. The predicted octanol–water partition coefficient (Wildman–Crippen LogP) is 2.62. The van der Waals surface area contributed by atoms with Crippen LogP contribution in [0.15, 0.2) is 54.9 Å². The van der Waals surface area contributed by atoms with Crippen molar-refractivity contribution in [2.24, 2.45) is 0 Å². The average molecular weight is 337 g/mol. The van der Waals surface area contributed by atoms with Crippen LogP contribution in [0, 0.1) is 0 Å². The van der Waals surface area contributed by atoms with Gasteiger partial charge in [0.15, 0.2) is 5.78 Å². The fourth-order valence-electron chi connectivity index (χ4n) is 2.54. The summed E-state index contributed by atoms with van der Waals surface area (Å²) in [5.41, 5.74) is 1.55. The number of nitrogens with zero attached hydrogens (tertiary/aromatic N) is 2. The number of hydrogen-bond donors (Lipinski definition) is 1. The van der Waals surface area contributed by atoms with Crippen molar-refractivity contribution in [3.05, 3.63) is 66.2 Å². The number of carbonyl (C=O) groups is 2. The van der Waals surface area contributed by atoms with Gasteiger partial charge in [0, 0.05) is 24.6 Å². The molecule has 3 rings (SSSR count). The minimum Gasteiger partial charge on any atom is -0.497 e. The van der Waals surface area contributed by atoms with Crippen LogP contribution in [0.1, 0.15) is 29.0 Å². The highest BCUT2D eigenvalue weighted by molar-refractivity contribution is 5.98. The van der Waals surface area contributed by atoms with Gasteiger partial charge < -0.3 is 14.5 Å². The summed E-state index contributed by atoms with van der Waals surface area (Å²) in [6.07, 6.45) is 3.97. The molecule has 2 heterocycles. The van der Waals surface area contributed by atoms with Crippen molar-refractivity contribution >= 4 is 17.2 Å². The summed E-state index contributed by atoms with van der Waals surface area (Å²) in [6.45, 7) is 0.327. The molecule has 0 bridgehead atoms. The number of methoxy groups -OCH3 is 1. The van der Waals surface area contributed by atoms with Crippen LogP contribution >= 0.6 is 0 Å². The smallest absolute Gasteiger partial charge is 0.220 e. The maximum Gasteiger partial charge on any atom is 0.220 e. The highest BCUT2D eigenvalue weighted by Gasteiger charge is 2.10. The molecule has 0 unspecified atom stereocenters. The molecule has 0 aliphatic heterocycles. The number of imidazole rings is 1. The maximum absolute atomic E-state index is 12.1. The van der Waals surface area contributed by atoms with Gasteiger partial charge in [0.05, 0.1) is 25.4 Å². The molecular formula is C19H19N3O3. The van der Waals surface area contributed by atoms with Crippen LogP contribution in [0.5, 0.6) is 5.75 Å². The largest absolute Gasteiger partial charge is 0.497 e. The lowest BCUT2D eigenvalue weighted by Crippen LogP contribution is -2.24. The van der Waals surface area contributed by atoms with E-state index in [4.69, 9.17) is 4.74 Å². The Bertz CT molecular complexity index is 884. The summed E-state index contributed by atoms with van der Waals surface area (Å²) in [5, 5.41) is 2.81. The number of pyridine rings is 1. The maximum atomic E-state index is 12.1. The Morgan fingerprint density at radius 3 is 2.68 bits per heavy atom. The van der Waals surface area contributed by atoms with Gasteiger partial charge in [-0.15, -0.1) is 0 Å². The second kappa shape index (κ2) is 7.61. The van der Waals surface area contributed by atoms with E-state index in [0.29, 0.717) is 17.9 Å². The summed E-state index contributed by atoms with van der Waals surface area (Å²) in [7, 11) is 1.57. The zero-order valence-corrected chi connectivity index (χ0v) is 13.9. The van der Waals surface area contributed by atoms with E-state index in [0.717, 1.165) is 11.3 Å². The number of carbonyl (C=O) groups excluding carboxylic acids is 2. The number of fused-ring (bicyclic) bond motifs is 1. The zero-order chi connectivity index (χ0) is 17.6. The van der Waals surface area contributed by atoms with E-state index in [9.17, 15) is 9.59 Å². The molecule has 0 saturated carbocycles. The predicted molar refractivity (Wildman–Crippen MR) is 93.6 cm³/mol. The molecule has 2 aromatic heterocycles. The van der Waals surface area contributed by atoms with Crippen LogP contribution in [0.3, 0.4) is 0 Å². The lowest BCUT2D eigenvalue weighted by molar-refractivity contribution is -0.121. The number of aromatic nitrogens is 2. The Balaban J connectivity index is 1.50. The Morgan fingerprint density at radius 1 is 1.12 bits per heavy atom. The van der Waals surface area contributed by atoms with E-state index in [1.54, 1.807) is 37.6 Å². The Labute approximate surface area is 145 Å². The second-order valence-electron chi connectivity index (χ2n) is 5.60. The number of amides is 1. The molecule has 0 fully saturated rings. The standard InChI is InChI=1S/C19H19N3O3/c1-25-16-7-5-14(6-8-16)17(23)9-10-19(24)21-13-18-20-12-15-4-2-3-11-22(15)18/h2-8,11-12H,9-10,13H2,1H3,(H,21,24). The monoisotopic (exact) mass is 337 g/mol. The first-order valence-electron chi connectivity index (χ1n) is 8.02. The van der Waals surface area contributed by atoms with E-state index in [1.807, 2.05) is 28.8 Å². The van der Waals surface area contributed by atoms with E-state index in [1.165, 1.54) is 0 Å². The highest BCUT2D eigenvalue weighted by Crippen LogP contribution is 2.13. The van der Waals surface area contributed by atoms with Crippen molar-refractivity contribution in [2.45, 2.75) is 19.4 Å². The van der Waals surface area contributed by atoms with Gasteiger partial charge in [-0.05, 0) is 36.4 Å². The first-order valence-corrected chi connectivity index (χ1v) is 8.02. The molecule has 25 heavy (non-hydrogen) atoms. The van der Waals surface area contributed by atoms with Gasteiger partial charge in [0.25, 0.3) is 0 Å². The zero-order valence-electron chi connectivity index (χ0n) is 13.9. The van der Waals surface area contributed by atoms with Gasteiger partial charge in [0.2, 0.25) is 5.91 Å². The van der Waals surface area contributed by atoms with Crippen LogP contribution in [-0.2, 0) is 11.3 Å². The summed E-state index contributed by atoms with van der Waals surface area (Å²) < 4.78 is 6.98. The number of nitrogens with one attached hydrogen (secondary N) is 1. The van der Waals surface area contributed by atoms with Gasteiger partial charge in [-0.25, -0.2) is 4.98 Å². The van der Waals surface area contributed by atoms with Crippen molar-refractivity contribution in [1.29, 1.82) is 0 Å². The fraction of sp³-hybridized carbons (Fsp3) is 0.211. The normalized spacial score (nSPS) is 10.6. The molecule has 1 aromatic carbocycles. The number of rotatable bonds is 7. The van der Waals surface area contributed by atoms with Crippen molar-refractivity contribution in [2.75, 3.05) is 7.11 Å². The van der Waals surface area contributed by atoms with Crippen molar-refractivity contribution in [3.8, 4) is 5.75 Å². The van der Waals surface area contributed by atoms with Gasteiger partial charge >= 0.3 is 0 Å². The molecule has 6 nitrogen and oxygen atoms in total. The summed E-state index contributed by atoms with van der Waals surface area (Å²) in [6, 6.07) is 12.7. The lowest BCUT2D eigenvalue weighted by Gasteiger charge is -2.05. The first-order chi connectivity index (χ1) is 12.2. The molecule has 0 aliphatic carbocycles. The van der Waals surface area contributed by atoms with Crippen LogP contribution in [0.2, 0.25) is 0 Å². The molecule has 0 spiro atoms. The van der Waals surface area contributed by atoms with Gasteiger partial charge in [-0.3, -0.25) is 9.59 Å². The van der Waals surface area contributed by atoms with Crippen LogP contribution < -0.4 is 10.1 Å². The third-order valence-corrected chi connectivity index (χ3v) is 3.95. The number of ether oxygens (including phenoxy) is 1. The molecule has 0 aliphatic rings. The number of Topliss-reactive ketones (excluding diaryl/α,β-unsaturated/α-hetero) is 1. The fourth-order valence-corrected chi connectivity index (χ4v) is 2.54. The van der Waals surface area contributed by atoms with E-state index < -0.39 is 0 Å². The van der Waals surface area contributed by atoms with Gasteiger partial charge in [0.1, 0.15) is 11.6 Å². The van der Waals surface area contributed by atoms with Gasteiger partial charge in [-0.1, -0.05) is 6.07 Å². The highest BCUT2D eigenvalue weighted by atomic mass is 16.5. The Morgan fingerprint density at radius 2 is 1.92 bits per heavy atom. The van der Waals surface area contributed by atoms with Crippen molar-refractivity contribution in [3.63, 3.8) is 0 Å². The average Bonchev–Trinajstić information content (AvgIpc) is 3.07. The van der Waals surface area contributed by atoms with E-state index in [2.05, 4.69) is 10.3 Å². The third kappa shape index (κ3) is 4.03. The van der Waals surface area contributed by atoms with Crippen molar-refractivity contribution < 1.29 is 14.3 Å². The van der Waals surface area contributed by atoms with Crippen LogP contribution in [0.25, 0.3) is 5.52 Å². The lowest BCUT2D eigenvalue weighted by atomic mass is 10.1.